The number of carbonyl (C=O) groups is 1. The van der Waals surface area contributed by atoms with Crippen LogP contribution in [0.15, 0.2) is 23.1 Å². The third-order valence-corrected chi connectivity index (χ3v) is 5.14. The molecule has 0 saturated heterocycles. The summed E-state index contributed by atoms with van der Waals surface area (Å²) < 4.78 is 22.7. The van der Waals surface area contributed by atoms with Crippen LogP contribution in [0.5, 0.6) is 0 Å². The van der Waals surface area contributed by atoms with Crippen molar-refractivity contribution in [2.45, 2.75) is 31.6 Å². The molecule has 0 aromatic heterocycles. The van der Waals surface area contributed by atoms with Crippen LogP contribution in [0.2, 0.25) is 0 Å². The first-order chi connectivity index (χ1) is 9.32. The lowest BCUT2D eigenvalue weighted by Crippen LogP contribution is -2.27. The first-order valence-corrected chi connectivity index (χ1v) is 8.99. The Morgan fingerprint density at radius 1 is 1.45 bits per heavy atom. The van der Waals surface area contributed by atoms with E-state index in [0.717, 1.165) is 12.0 Å². The van der Waals surface area contributed by atoms with Crippen molar-refractivity contribution in [2.24, 2.45) is 11.8 Å². The molecule has 1 N–H and O–H groups in total. The molecule has 0 heterocycles. The van der Waals surface area contributed by atoms with Crippen LogP contribution in [-0.2, 0) is 15.5 Å². The van der Waals surface area contributed by atoms with Gasteiger partial charge in [-0.15, -0.1) is 0 Å². The van der Waals surface area contributed by atoms with Crippen LogP contribution >= 0.6 is 10.7 Å². The normalized spacial score (nSPS) is 21.6. The molecule has 1 amide bonds. The van der Waals surface area contributed by atoms with Gasteiger partial charge in [0.2, 0.25) is 0 Å². The average Bonchev–Trinajstić information content (AvgIpc) is 3.10. The fourth-order valence-corrected chi connectivity index (χ4v) is 3.01. The van der Waals surface area contributed by atoms with Crippen LogP contribution in [0.3, 0.4) is 0 Å². The minimum absolute atomic E-state index is 0.0405. The molecule has 110 valence electrons. The highest BCUT2D eigenvalue weighted by molar-refractivity contribution is 8.13. The highest BCUT2D eigenvalue weighted by atomic mass is 35.7. The van der Waals surface area contributed by atoms with Crippen molar-refractivity contribution in [3.8, 4) is 0 Å². The molecule has 0 spiro atoms. The standard InChI is InChI=1S/C14H18ClNO3S/c1-3-10-4-5-12(20(15,18)19)7-13(10)14(17)16-8-11-6-9(11)2/h4-5,7,9,11H,3,6,8H2,1-2H3,(H,16,17). The van der Waals surface area contributed by atoms with E-state index in [4.69, 9.17) is 10.7 Å². The number of rotatable bonds is 5. The molecule has 20 heavy (non-hydrogen) atoms. The maximum absolute atomic E-state index is 12.2. The molecule has 1 aromatic rings. The van der Waals surface area contributed by atoms with Crippen molar-refractivity contribution < 1.29 is 13.2 Å². The van der Waals surface area contributed by atoms with E-state index in [2.05, 4.69) is 12.2 Å². The summed E-state index contributed by atoms with van der Waals surface area (Å²) in [6.07, 6.45) is 1.79. The molecular formula is C14H18ClNO3S. The van der Waals surface area contributed by atoms with E-state index in [1.165, 1.54) is 12.1 Å². The van der Waals surface area contributed by atoms with Gasteiger partial charge in [-0.3, -0.25) is 4.79 Å². The lowest BCUT2D eigenvalue weighted by molar-refractivity contribution is 0.0950. The zero-order valence-corrected chi connectivity index (χ0v) is 13.1. The summed E-state index contributed by atoms with van der Waals surface area (Å²) in [7, 11) is 1.51. The van der Waals surface area contributed by atoms with Gasteiger partial charge in [-0.1, -0.05) is 19.9 Å². The number of amides is 1. The maximum Gasteiger partial charge on any atom is 0.261 e. The van der Waals surface area contributed by atoms with Crippen molar-refractivity contribution in [3.05, 3.63) is 29.3 Å². The Labute approximate surface area is 123 Å². The molecule has 0 bridgehead atoms. The molecule has 4 nitrogen and oxygen atoms in total. The molecule has 0 aliphatic heterocycles. The molecule has 1 aromatic carbocycles. The maximum atomic E-state index is 12.2. The van der Waals surface area contributed by atoms with Gasteiger partial charge in [0, 0.05) is 22.8 Å². The van der Waals surface area contributed by atoms with Gasteiger partial charge in [-0.25, -0.2) is 8.42 Å². The molecule has 1 aliphatic carbocycles. The predicted octanol–water partition coefficient (Wildman–Crippen LogP) is 2.56. The van der Waals surface area contributed by atoms with E-state index < -0.39 is 9.05 Å². The number of hydrogen-bond donors (Lipinski definition) is 1. The Balaban J connectivity index is 2.21. The van der Waals surface area contributed by atoms with Crippen LogP contribution in [0.1, 0.15) is 36.2 Å². The number of carbonyl (C=O) groups excluding carboxylic acids is 1. The molecule has 2 unspecified atom stereocenters. The van der Waals surface area contributed by atoms with E-state index in [9.17, 15) is 13.2 Å². The van der Waals surface area contributed by atoms with Gasteiger partial charge < -0.3 is 5.32 Å². The monoisotopic (exact) mass is 315 g/mol. The molecule has 1 saturated carbocycles. The predicted molar refractivity (Wildman–Crippen MR) is 78.5 cm³/mol. The highest BCUT2D eigenvalue weighted by Gasteiger charge is 2.32. The fraction of sp³-hybridized carbons (Fsp3) is 0.500. The number of hydrogen-bond acceptors (Lipinski definition) is 3. The van der Waals surface area contributed by atoms with Crippen LogP contribution in [0.4, 0.5) is 0 Å². The SMILES string of the molecule is CCc1ccc(S(=O)(=O)Cl)cc1C(=O)NCC1CC1C. The van der Waals surface area contributed by atoms with Crippen molar-refractivity contribution in [2.75, 3.05) is 6.54 Å². The molecule has 1 aliphatic rings. The summed E-state index contributed by atoms with van der Waals surface area (Å²) in [6, 6.07) is 4.43. The first kappa shape index (κ1) is 15.3. The molecule has 0 radical (unpaired) electrons. The second-order valence-corrected chi connectivity index (χ2v) is 7.86. The van der Waals surface area contributed by atoms with Crippen molar-refractivity contribution >= 4 is 25.6 Å². The quantitative estimate of drug-likeness (QED) is 0.849. The Hall–Kier alpha value is -1.07. The van der Waals surface area contributed by atoms with E-state index in [0.29, 0.717) is 30.4 Å². The Morgan fingerprint density at radius 2 is 2.10 bits per heavy atom. The Bertz CT molecular complexity index is 627. The summed E-state index contributed by atoms with van der Waals surface area (Å²) in [5.74, 6) is 0.975. The summed E-state index contributed by atoms with van der Waals surface area (Å²) in [5, 5.41) is 2.87. The summed E-state index contributed by atoms with van der Waals surface area (Å²) in [5.41, 5.74) is 1.21. The van der Waals surface area contributed by atoms with Crippen molar-refractivity contribution in [1.29, 1.82) is 0 Å². The number of halogens is 1. The molecule has 2 atom stereocenters. The van der Waals surface area contributed by atoms with Crippen LogP contribution in [-0.4, -0.2) is 20.9 Å². The second kappa shape index (κ2) is 5.74. The van der Waals surface area contributed by atoms with Gasteiger partial charge in [0.1, 0.15) is 0 Å². The van der Waals surface area contributed by atoms with Gasteiger partial charge >= 0.3 is 0 Å². The average molecular weight is 316 g/mol. The third kappa shape index (κ3) is 3.52. The van der Waals surface area contributed by atoms with Gasteiger partial charge in [0.05, 0.1) is 4.90 Å². The lowest BCUT2D eigenvalue weighted by atomic mass is 10.0. The zero-order chi connectivity index (χ0) is 14.9. The lowest BCUT2D eigenvalue weighted by Gasteiger charge is -2.10. The smallest absolute Gasteiger partial charge is 0.261 e. The van der Waals surface area contributed by atoms with Crippen molar-refractivity contribution in [3.63, 3.8) is 0 Å². The highest BCUT2D eigenvalue weighted by Crippen LogP contribution is 2.36. The van der Waals surface area contributed by atoms with Gasteiger partial charge in [-0.2, -0.15) is 0 Å². The Kier molecular flexibility index (Phi) is 4.39. The fourth-order valence-electron chi connectivity index (χ4n) is 2.23. The summed E-state index contributed by atoms with van der Waals surface area (Å²) in [4.78, 5) is 12.2. The molecule has 6 heteroatoms. The number of nitrogens with one attached hydrogen (secondary N) is 1. The van der Waals surface area contributed by atoms with E-state index in [1.807, 2.05) is 6.92 Å². The topological polar surface area (TPSA) is 63.2 Å². The van der Waals surface area contributed by atoms with Crippen molar-refractivity contribution in [1.82, 2.24) is 5.32 Å². The molecule has 2 rings (SSSR count). The third-order valence-electron chi connectivity index (χ3n) is 3.79. The Morgan fingerprint density at radius 3 is 2.60 bits per heavy atom. The van der Waals surface area contributed by atoms with E-state index in [1.54, 1.807) is 6.07 Å². The van der Waals surface area contributed by atoms with Crippen LogP contribution in [0, 0.1) is 11.8 Å². The van der Waals surface area contributed by atoms with Crippen LogP contribution < -0.4 is 5.32 Å². The van der Waals surface area contributed by atoms with Crippen LogP contribution in [0.25, 0.3) is 0 Å². The minimum Gasteiger partial charge on any atom is -0.352 e. The van der Waals surface area contributed by atoms with Gasteiger partial charge in [-0.05, 0) is 42.4 Å². The first-order valence-electron chi connectivity index (χ1n) is 6.68. The molecule has 1 fully saturated rings. The second-order valence-electron chi connectivity index (χ2n) is 5.29. The summed E-state index contributed by atoms with van der Waals surface area (Å²) in [6.45, 7) is 4.71. The van der Waals surface area contributed by atoms with E-state index in [-0.39, 0.29) is 10.8 Å². The minimum atomic E-state index is -3.82. The summed E-state index contributed by atoms with van der Waals surface area (Å²) >= 11 is 0. The number of benzene rings is 1. The molecular weight excluding hydrogens is 298 g/mol. The largest absolute Gasteiger partial charge is 0.352 e. The van der Waals surface area contributed by atoms with E-state index >= 15 is 0 Å². The van der Waals surface area contributed by atoms with Gasteiger partial charge in [0.25, 0.3) is 15.0 Å². The number of aryl methyl sites for hydroxylation is 1. The van der Waals surface area contributed by atoms with Gasteiger partial charge in [0.15, 0.2) is 0 Å². The zero-order valence-electron chi connectivity index (χ0n) is 11.5.